The summed E-state index contributed by atoms with van der Waals surface area (Å²) in [5.74, 6) is 0.398. The van der Waals surface area contributed by atoms with Gasteiger partial charge in [-0.25, -0.2) is 4.98 Å². The summed E-state index contributed by atoms with van der Waals surface area (Å²) in [6.07, 6.45) is 6.22. The minimum atomic E-state index is -0.177. The Hall–Kier alpha value is -2.89. The number of nitrogens with zero attached hydrogens (tertiary/aromatic N) is 5. The van der Waals surface area contributed by atoms with Gasteiger partial charge in [0.1, 0.15) is 6.33 Å². The van der Waals surface area contributed by atoms with Gasteiger partial charge in [0.25, 0.3) is 5.91 Å². The van der Waals surface area contributed by atoms with E-state index in [1.807, 2.05) is 18.2 Å². The van der Waals surface area contributed by atoms with Gasteiger partial charge in [0, 0.05) is 23.5 Å². The van der Waals surface area contributed by atoms with Crippen LogP contribution in [0.5, 0.6) is 0 Å². The third kappa shape index (κ3) is 1.28. The summed E-state index contributed by atoms with van der Waals surface area (Å²) in [5.41, 5.74) is 2.78. The van der Waals surface area contributed by atoms with Crippen molar-refractivity contribution in [1.29, 1.82) is 0 Å². The first-order valence-corrected chi connectivity index (χ1v) is 5.71. The van der Waals surface area contributed by atoms with Crippen molar-refractivity contribution in [3.8, 4) is 22.6 Å². The van der Waals surface area contributed by atoms with Crippen LogP contribution in [0.2, 0.25) is 0 Å². The van der Waals surface area contributed by atoms with E-state index in [-0.39, 0.29) is 5.91 Å². The second kappa shape index (κ2) is 3.55. The first-order valence-electron chi connectivity index (χ1n) is 5.71. The van der Waals surface area contributed by atoms with Gasteiger partial charge in [0.05, 0.1) is 17.5 Å². The number of benzene rings is 1. The van der Waals surface area contributed by atoms with E-state index in [0.29, 0.717) is 17.1 Å². The summed E-state index contributed by atoms with van der Waals surface area (Å²) in [6.45, 7) is 0. The van der Waals surface area contributed by atoms with E-state index < -0.39 is 0 Å². The largest absolute Gasteiger partial charge is 0.281 e. The molecule has 0 spiro atoms. The van der Waals surface area contributed by atoms with Gasteiger partial charge in [0.15, 0.2) is 5.82 Å². The number of hydrogen-bond donors (Lipinski definition) is 0. The minimum Gasteiger partial charge on any atom is -0.267 e. The topological polar surface area (TPSA) is 73.6 Å². The Kier molecular flexibility index (Phi) is 1.88. The molecule has 0 atom stereocenters. The smallest absolute Gasteiger partial charge is 0.267 e. The Morgan fingerprint density at radius 2 is 1.95 bits per heavy atom. The first kappa shape index (κ1) is 10.1. The van der Waals surface area contributed by atoms with Crippen LogP contribution in [0, 0.1) is 0 Å². The van der Waals surface area contributed by atoms with Gasteiger partial charge >= 0.3 is 0 Å². The molecule has 0 aliphatic carbocycles. The molecular formula is C13H7N5O. The summed E-state index contributed by atoms with van der Waals surface area (Å²) >= 11 is 0. The molecule has 6 heteroatoms. The Bertz CT molecular complexity index is 794. The van der Waals surface area contributed by atoms with Gasteiger partial charge in [-0.3, -0.25) is 14.8 Å². The van der Waals surface area contributed by atoms with E-state index in [0.717, 1.165) is 11.1 Å². The van der Waals surface area contributed by atoms with E-state index in [9.17, 15) is 4.79 Å². The number of carbonyl (C=O) groups excluding carboxylic acids is 1. The van der Waals surface area contributed by atoms with Gasteiger partial charge in [-0.1, -0.05) is 18.2 Å². The van der Waals surface area contributed by atoms with Crippen molar-refractivity contribution in [2.45, 2.75) is 0 Å². The minimum absolute atomic E-state index is 0.177. The molecule has 3 aromatic rings. The number of fused-ring (bicyclic) bond motifs is 3. The summed E-state index contributed by atoms with van der Waals surface area (Å²) in [7, 11) is 0. The van der Waals surface area contributed by atoms with Crippen molar-refractivity contribution >= 4 is 5.91 Å². The van der Waals surface area contributed by atoms with Gasteiger partial charge in [-0.2, -0.15) is 9.78 Å². The summed E-state index contributed by atoms with van der Waals surface area (Å²) < 4.78 is 1.31. The normalized spacial score (nSPS) is 12.3. The molecule has 19 heavy (non-hydrogen) atoms. The van der Waals surface area contributed by atoms with Crippen molar-refractivity contribution in [2.75, 3.05) is 0 Å². The predicted octanol–water partition coefficient (Wildman–Crippen LogP) is 1.40. The maximum absolute atomic E-state index is 12.4. The zero-order valence-electron chi connectivity index (χ0n) is 9.69. The van der Waals surface area contributed by atoms with Crippen LogP contribution in [0.15, 0.2) is 43.1 Å². The van der Waals surface area contributed by atoms with Gasteiger partial charge in [-0.05, 0) is 0 Å². The lowest BCUT2D eigenvalue weighted by atomic mass is 10.00. The molecular weight excluding hydrogens is 242 g/mol. The van der Waals surface area contributed by atoms with Crippen LogP contribution in [0.4, 0.5) is 0 Å². The van der Waals surface area contributed by atoms with Gasteiger partial charge in [-0.15, -0.1) is 0 Å². The van der Waals surface area contributed by atoms with Gasteiger partial charge in [0.2, 0.25) is 0 Å². The molecule has 0 N–H and O–H groups in total. The molecule has 6 nitrogen and oxygen atoms in total. The maximum Gasteiger partial charge on any atom is 0.281 e. The van der Waals surface area contributed by atoms with Crippen LogP contribution < -0.4 is 0 Å². The molecule has 0 saturated carbocycles. The maximum atomic E-state index is 12.4. The van der Waals surface area contributed by atoms with E-state index in [1.165, 1.54) is 11.0 Å². The van der Waals surface area contributed by atoms with Crippen LogP contribution in [0.25, 0.3) is 22.6 Å². The van der Waals surface area contributed by atoms with Crippen molar-refractivity contribution < 1.29 is 4.79 Å². The Morgan fingerprint density at radius 3 is 2.79 bits per heavy atom. The van der Waals surface area contributed by atoms with E-state index in [1.54, 1.807) is 18.6 Å². The molecule has 3 heterocycles. The molecule has 1 aliphatic rings. The molecule has 1 aromatic carbocycles. The highest BCUT2D eigenvalue weighted by molar-refractivity contribution is 6.11. The summed E-state index contributed by atoms with van der Waals surface area (Å²) in [4.78, 5) is 24.8. The lowest BCUT2D eigenvalue weighted by molar-refractivity contribution is 0.0955. The van der Waals surface area contributed by atoms with Crippen molar-refractivity contribution in [2.24, 2.45) is 0 Å². The van der Waals surface area contributed by atoms with Gasteiger partial charge < -0.3 is 0 Å². The fraction of sp³-hybridized carbons (Fsp3) is 0. The first-order chi connectivity index (χ1) is 9.36. The average Bonchev–Trinajstić information content (AvgIpc) is 3.04. The third-order valence-electron chi connectivity index (χ3n) is 3.10. The number of rotatable bonds is 1. The predicted molar refractivity (Wildman–Crippen MR) is 66.2 cm³/mol. The standard InChI is InChI=1S/C13H7N5O/c19-13-11-8(10-6-14-4-5-15-10)2-1-3-9(11)12-16-7-17-18(12)13/h1-7H. The molecule has 0 amide bonds. The van der Waals surface area contributed by atoms with Crippen molar-refractivity contribution in [3.05, 3.63) is 48.7 Å². The lowest BCUT2D eigenvalue weighted by Gasteiger charge is -2.04. The third-order valence-corrected chi connectivity index (χ3v) is 3.10. The number of carbonyl (C=O) groups is 1. The molecule has 0 saturated heterocycles. The molecule has 2 aromatic heterocycles. The van der Waals surface area contributed by atoms with Crippen LogP contribution in [0.1, 0.15) is 10.4 Å². The highest BCUT2D eigenvalue weighted by Crippen LogP contribution is 2.35. The van der Waals surface area contributed by atoms with Crippen LogP contribution in [-0.4, -0.2) is 30.6 Å². The zero-order chi connectivity index (χ0) is 12.8. The molecule has 0 radical (unpaired) electrons. The quantitative estimate of drug-likeness (QED) is 0.510. The lowest BCUT2D eigenvalue weighted by Crippen LogP contribution is -2.09. The highest BCUT2D eigenvalue weighted by Gasteiger charge is 2.31. The molecule has 1 aliphatic heterocycles. The molecule has 0 fully saturated rings. The zero-order valence-corrected chi connectivity index (χ0v) is 9.69. The fourth-order valence-corrected chi connectivity index (χ4v) is 2.30. The Balaban J connectivity index is 2.03. The molecule has 0 unspecified atom stereocenters. The number of aromatic nitrogens is 5. The van der Waals surface area contributed by atoms with Crippen LogP contribution >= 0.6 is 0 Å². The molecule has 0 bridgehead atoms. The molecule has 4 rings (SSSR count). The Labute approximate surface area is 107 Å². The molecule has 90 valence electrons. The van der Waals surface area contributed by atoms with E-state index >= 15 is 0 Å². The van der Waals surface area contributed by atoms with Crippen LogP contribution in [0.3, 0.4) is 0 Å². The second-order valence-corrected chi connectivity index (χ2v) is 4.12. The SMILES string of the molecule is O=C1c2c(-c3cnccn3)cccc2-c2ncnn21. The summed E-state index contributed by atoms with van der Waals surface area (Å²) in [5, 5.41) is 3.95. The average molecular weight is 249 g/mol. The number of hydrogen-bond acceptors (Lipinski definition) is 5. The second-order valence-electron chi connectivity index (χ2n) is 4.12. The highest BCUT2D eigenvalue weighted by atomic mass is 16.2. The van der Waals surface area contributed by atoms with Crippen molar-refractivity contribution in [3.63, 3.8) is 0 Å². The van der Waals surface area contributed by atoms with Crippen molar-refractivity contribution in [1.82, 2.24) is 24.7 Å². The fourth-order valence-electron chi connectivity index (χ4n) is 2.30. The van der Waals surface area contributed by atoms with E-state index in [4.69, 9.17) is 0 Å². The van der Waals surface area contributed by atoms with E-state index in [2.05, 4.69) is 20.1 Å². The van der Waals surface area contributed by atoms with Crippen LogP contribution in [-0.2, 0) is 0 Å². The Morgan fingerprint density at radius 1 is 1.05 bits per heavy atom. The monoisotopic (exact) mass is 249 g/mol. The summed E-state index contributed by atoms with van der Waals surface area (Å²) in [6, 6.07) is 5.59.